The third kappa shape index (κ3) is 2.58. The number of alkyl halides is 2. The molecule has 0 radical (unpaired) electrons. The molecule has 3 rings (SSSR count). The Bertz CT molecular complexity index is 433. The maximum atomic E-state index is 13.8. The fourth-order valence-corrected chi connectivity index (χ4v) is 3.07. The first-order valence-corrected chi connectivity index (χ1v) is 6.65. The van der Waals surface area contributed by atoms with Gasteiger partial charge in [0.25, 0.3) is 5.92 Å². The van der Waals surface area contributed by atoms with Crippen LogP contribution in [0.15, 0.2) is 0 Å². The molecule has 0 aromatic carbocycles. The molecule has 1 amide bonds. The van der Waals surface area contributed by atoms with Crippen LogP contribution in [0.3, 0.4) is 0 Å². The SMILES string of the molecule is CC(C)(C)OC(=O)N1C2CCC(C1C(=O)O)C(F)(F)C2. The van der Waals surface area contributed by atoms with Crippen molar-refractivity contribution in [1.29, 1.82) is 0 Å². The summed E-state index contributed by atoms with van der Waals surface area (Å²) in [6.07, 6.45) is -0.798. The number of rotatable bonds is 1. The Morgan fingerprint density at radius 2 is 1.90 bits per heavy atom. The summed E-state index contributed by atoms with van der Waals surface area (Å²) in [5.74, 6) is -5.77. The summed E-state index contributed by atoms with van der Waals surface area (Å²) in [4.78, 5) is 24.5. The van der Waals surface area contributed by atoms with Crippen LogP contribution in [-0.4, -0.2) is 45.7 Å². The van der Waals surface area contributed by atoms with E-state index in [0.29, 0.717) is 6.42 Å². The lowest BCUT2D eigenvalue weighted by molar-refractivity contribution is -0.192. The van der Waals surface area contributed by atoms with Gasteiger partial charge in [-0.05, 0) is 33.6 Å². The van der Waals surface area contributed by atoms with E-state index in [0.717, 1.165) is 4.90 Å². The van der Waals surface area contributed by atoms with Gasteiger partial charge in [0, 0.05) is 12.5 Å². The van der Waals surface area contributed by atoms with Gasteiger partial charge in [-0.1, -0.05) is 0 Å². The summed E-state index contributed by atoms with van der Waals surface area (Å²) in [5, 5.41) is 9.23. The van der Waals surface area contributed by atoms with Crippen LogP contribution in [0.25, 0.3) is 0 Å². The molecule has 7 heteroatoms. The molecular weight excluding hydrogens is 272 g/mol. The molecule has 2 bridgehead atoms. The monoisotopic (exact) mass is 291 g/mol. The van der Waals surface area contributed by atoms with Gasteiger partial charge in [0.1, 0.15) is 11.6 Å². The topological polar surface area (TPSA) is 66.8 Å². The molecule has 3 fully saturated rings. The molecule has 20 heavy (non-hydrogen) atoms. The number of nitrogens with zero attached hydrogens (tertiary/aromatic N) is 1. The third-order valence-corrected chi connectivity index (χ3v) is 3.79. The number of carboxylic acids is 1. The Balaban J connectivity index is 2.28. The number of piperidine rings is 2. The van der Waals surface area contributed by atoms with Crippen LogP contribution in [0.4, 0.5) is 13.6 Å². The third-order valence-electron chi connectivity index (χ3n) is 3.79. The number of fused-ring (bicyclic) bond motifs is 3. The van der Waals surface area contributed by atoms with Crippen LogP contribution < -0.4 is 0 Å². The summed E-state index contributed by atoms with van der Waals surface area (Å²) in [5.41, 5.74) is -0.792. The molecule has 1 N–H and O–H groups in total. The van der Waals surface area contributed by atoms with Crippen molar-refractivity contribution in [2.75, 3.05) is 0 Å². The highest BCUT2D eigenvalue weighted by Gasteiger charge is 2.61. The fraction of sp³-hybridized carbons (Fsp3) is 0.846. The molecule has 3 atom stereocenters. The van der Waals surface area contributed by atoms with Crippen molar-refractivity contribution >= 4 is 12.1 Å². The minimum Gasteiger partial charge on any atom is -0.480 e. The summed E-state index contributed by atoms with van der Waals surface area (Å²) in [7, 11) is 0. The highest BCUT2D eigenvalue weighted by Crippen LogP contribution is 2.49. The minimum atomic E-state index is -3.04. The van der Waals surface area contributed by atoms with E-state index in [1.165, 1.54) is 0 Å². The van der Waals surface area contributed by atoms with Crippen molar-refractivity contribution in [3.63, 3.8) is 0 Å². The van der Waals surface area contributed by atoms with Gasteiger partial charge in [-0.2, -0.15) is 0 Å². The molecule has 3 aliphatic rings. The van der Waals surface area contributed by atoms with E-state index >= 15 is 0 Å². The molecule has 2 heterocycles. The van der Waals surface area contributed by atoms with Crippen molar-refractivity contribution in [3.05, 3.63) is 0 Å². The number of carboxylic acid groups (broad SMARTS) is 1. The normalized spacial score (nSPS) is 32.0. The number of hydrogen-bond acceptors (Lipinski definition) is 3. The number of carbonyl (C=O) groups excluding carboxylic acids is 1. The van der Waals surface area contributed by atoms with Crippen molar-refractivity contribution < 1.29 is 28.2 Å². The standard InChI is InChI=1S/C13H19F2NO4/c1-12(2,3)20-11(19)16-7-4-5-8(9(16)10(17)18)13(14,15)6-7/h7-9H,4-6H2,1-3H3,(H,17,18). The van der Waals surface area contributed by atoms with Gasteiger partial charge in [0.05, 0.1) is 5.92 Å². The Morgan fingerprint density at radius 1 is 1.30 bits per heavy atom. The smallest absolute Gasteiger partial charge is 0.411 e. The lowest BCUT2D eigenvalue weighted by Crippen LogP contribution is -2.67. The number of carbonyl (C=O) groups is 2. The number of aliphatic carboxylic acids is 1. The Labute approximate surface area is 115 Å². The molecule has 5 nitrogen and oxygen atoms in total. The quantitative estimate of drug-likeness (QED) is 0.806. The number of halogens is 2. The van der Waals surface area contributed by atoms with E-state index in [1.54, 1.807) is 20.8 Å². The second-order valence-corrected chi connectivity index (χ2v) is 6.47. The molecule has 1 aliphatic carbocycles. The van der Waals surface area contributed by atoms with Gasteiger partial charge in [0.2, 0.25) is 0 Å². The summed E-state index contributed by atoms with van der Waals surface area (Å²) in [6.45, 7) is 4.95. The van der Waals surface area contributed by atoms with E-state index in [9.17, 15) is 23.5 Å². The Morgan fingerprint density at radius 3 is 2.35 bits per heavy atom. The van der Waals surface area contributed by atoms with Crippen LogP contribution in [0.5, 0.6) is 0 Å². The van der Waals surface area contributed by atoms with E-state index in [2.05, 4.69) is 0 Å². The zero-order chi connectivity index (χ0) is 15.3. The molecule has 2 aliphatic heterocycles. The molecule has 114 valence electrons. The van der Waals surface area contributed by atoms with Crippen LogP contribution >= 0.6 is 0 Å². The van der Waals surface area contributed by atoms with Crippen molar-refractivity contribution in [2.24, 2.45) is 5.92 Å². The van der Waals surface area contributed by atoms with Crippen LogP contribution in [-0.2, 0) is 9.53 Å². The first-order valence-electron chi connectivity index (χ1n) is 6.65. The maximum Gasteiger partial charge on any atom is 0.411 e. The lowest BCUT2D eigenvalue weighted by atomic mass is 9.72. The van der Waals surface area contributed by atoms with Crippen LogP contribution in [0, 0.1) is 5.92 Å². The van der Waals surface area contributed by atoms with Crippen molar-refractivity contribution in [3.8, 4) is 0 Å². The van der Waals surface area contributed by atoms with Gasteiger partial charge in [0.15, 0.2) is 0 Å². The van der Waals surface area contributed by atoms with Gasteiger partial charge >= 0.3 is 12.1 Å². The summed E-state index contributed by atoms with van der Waals surface area (Å²) in [6, 6.07) is -2.28. The average Bonchev–Trinajstić information content (AvgIpc) is 2.24. The molecule has 0 spiro atoms. The van der Waals surface area contributed by atoms with Gasteiger partial charge in [-0.3, -0.25) is 4.90 Å². The number of ether oxygens (including phenoxy) is 1. The number of hydrogen-bond donors (Lipinski definition) is 1. The Hall–Kier alpha value is -1.40. The predicted octanol–water partition coefficient (Wildman–Crippen LogP) is 2.49. The zero-order valence-electron chi connectivity index (χ0n) is 11.7. The van der Waals surface area contributed by atoms with E-state index in [4.69, 9.17) is 4.74 Å². The molecular formula is C13H19F2NO4. The van der Waals surface area contributed by atoms with E-state index in [-0.39, 0.29) is 6.42 Å². The maximum absolute atomic E-state index is 13.8. The first kappa shape index (κ1) is 15.0. The van der Waals surface area contributed by atoms with Gasteiger partial charge in [-0.25, -0.2) is 18.4 Å². The highest BCUT2D eigenvalue weighted by atomic mass is 19.3. The molecule has 2 saturated heterocycles. The summed E-state index contributed by atoms with van der Waals surface area (Å²) >= 11 is 0. The molecule has 3 unspecified atom stereocenters. The molecule has 0 aromatic rings. The van der Waals surface area contributed by atoms with E-state index in [1.807, 2.05) is 0 Å². The van der Waals surface area contributed by atoms with Crippen molar-refractivity contribution in [2.45, 2.75) is 63.6 Å². The second kappa shape index (κ2) is 4.56. The van der Waals surface area contributed by atoms with Gasteiger partial charge < -0.3 is 9.84 Å². The second-order valence-electron chi connectivity index (χ2n) is 6.47. The lowest BCUT2D eigenvalue weighted by Gasteiger charge is -2.52. The predicted molar refractivity (Wildman–Crippen MR) is 65.6 cm³/mol. The first-order chi connectivity index (χ1) is 9.03. The molecule has 1 saturated carbocycles. The Kier molecular flexibility index (Phi) is 3.42. The van der Waals surface area contributed by atoms with Crippen molar-refractivity contribution in [1.82, 2.24) is 4.90 Å². The average molecular weight is 291 g/mol. The minimum absolute atomic E-state index is 0.119. The fourth-order valence-electron chi connectivity index (χ4n) is 3.07. The summed E-state index contributed by atoms with van der Waals surface area (Å²) < 4.78 is 32.8. The number of amides is 1. The van der Waals surface area contributed by atoms with E-state index < -0.39 is 48.0 Å². The molecule has 0 aromatic heterocycles. The van der Waals surface area contributed by atoms with Gasteiger partial charge in [-0.15, -0.1) is 0 Å². The highest BCUT2D eigenvalue weighted by molar-refractivity contribution is 5.81. The zero-order valence-corrected chi connectivity index (χ0v) is 11.7. The van der Waals surface area contributed by atoms with Crippen LogP contribution in [0.1, 0.15) is 40.0 Å². The van der Waals surface area contributed by atoms with Crippen LogP contribution in [0.2, 0.25) is 0 Å². The largest absolute Gasteiger partial charge is 0.480 e.